The van der Waals surface area contributed by atoms with Gasteiger partial charge >= 0.3 is 0 Å². The Hall–Kier alpha value is -0.0700. The Morgan fingerprint density at radius 3 is 2.75 bits per heavy atom. The summed E-state index contributed by atoms with van der Waals surface area (Å²) < 4.78 is 12.4. The predicted octanol–water partition coefficient (Wildman–Crippen LogP) is 2.49. The minimum Gasteiger partial charge on any atom is -0.247 e. The van der Waals surface area contributed by atoms with Crippen molar-refractivity contribution in [3.8, 4) is 0 Å². The molecule has 0 amide bonds. The summed E-state index contributed by atoms with van der Waals surface area (Å²) in [5, 5.41) is 0. The monoisotopic (exact) mass is 115 g/mol. The Balaban J connectivity index is 2.23. The average molecular weight is 115 g/mol. The molecule has 1 rings (SSSR count). The zero-order valence-electron chi connectivity index (χ0n) is 5.28. The van der Waals surface area contributed by atoms with E-state index < -0.39 is 6.17 Å². The molecule has 0 bridgehead atoms. The van der Waals surface area contributed by atoms with Gasteiger partial charge in [-0.1, -0.05) is 13.3 Å². The quantitative estimate of drug-likeness (QED) is 0.455. The predicted molar refractivity (Wildman–Crippen MR) is 32.3 cm³/mol. The molecule has 1 saturated carbocycles. The fourth-order valence-corrected chi connectivity index (χ4v) is 1.21. The van der Waals surface area contributed by atoms with Crippen LogP contribution in [0.3, 0.4) is 0 Å². The Morgan fingerprint density at radius 2 is 2.38 bits per heavy atom. The van der Waals surface area contributed by atoms with E-state index in [-0.39, 0.29) is 0 Å². The van der Waals surface area contributed by atoms with Gasteiger partial charge in [-0.05, 0) is 25.2 Å². The number of alkyl halides is 1. The summed E-state index contributed by atoms with van der Waals surface area (Å²) in [6.45, 7) is 2.05. The molecule has 0 heterocycles. The number of hydrogen-bond donors (Lipinski definition) is 0. The molecule has 47 valence electrons. The van der Waals surface area contributed by atoms with Crippen molar-refractivity contribution < 1.29 is 4.39 Å². The summed E-state index contributed by atoms with van der Waals surface area (Å²) >= 11 is 0. The molecule has 1 unspecified atom stereocenters. The van der Waals surface area contributed by atoms with Crippen LogP contribution in [-0.4, -0.2) is 6.17 Å². The first-order chi connectivity index (χ1) is 3.79. The standard InChI is InChI=1S/C7H12F/c1-6-3-2-4-7(8)5-6/h7H,2-5H2,1H3. The van der Waals surface area contributed by atoms with Crippen LogP contribution in [0.5, 0.6) is 0 Å². The Labute approximate surface area is 50.1 Å². The second-order valence-corrected chi connectivity index (χ2v) is 2.65. The van der Waals surface area contributed by atoms with Crippen molar-refractivity contribution in [3.63, 3.8) is 0 Å². The highest BCUT2D eigenvalue weighted by Gasteiger charge is 2.17. The van der Waals surface area contributed by atoms with Gasteiger partial charge in [0.2, 0.25) is 0 Å². The highest BCUT2D eigenvalue weighted by atomic mass is 19.1. The van der Waals surface area contributed by atoms with Gasteiger partial charge in [0.25, 0.3) is 0 Å². The summed E-state index contributed by atoms with van der Waals surface area (Å²) in [6.07, 6.45) is 3.20. The van der Waals surface area contributed by atoms with Gasteiger partial charge in [0.05, 0.1) is 0 Å². The molecule has 0 aromatic heterocycles. The van der Waals surface area contributed by atoms with Crippen LogP contribution in [0.4, 0.5) is 4.39 Å². The molecular formula is C7H12F. The van der Waals surface area contributed by atoms with E-state index in [9.17, 15) is 4.39 Å². The first kappa shape index (κ1) is 6.06. The highest BCUT2D eigenvalue weighted by Crippen LogP contribution is 2.26. The lowest BCUT2D eigenvalue weighted by Gasteiger charge is -2.19. The van der Waals surface area contributed by atoms with E-state index in [0.717, 1.165) is 25.7 Å². The molecule has 1 atom stereocenters. The van der Waals surface area contributed by atoms with E-state index in [1.54, 1.807) is 0 Å². The molecule has 0 N–H and O–H groups in total. The van der Waals surface area contributed by atoms with Gasteiger partial charge in [0.15, 0.2) is 0 Å². The fraction of sp³-hybridized carbons (Fsp3) is 0.857. The second-order valence-electron chi connectivity index (χ2n) is 2.65. The zero-order chi connectivity index (χ0) is 5.98. The van der Waals surface area contributed by atoms with Crippen LogP contribution in [0.25, 0.3) is 0 Å². The fourth-order valence-electron chi connectivity index (χ4n) is 1.21. The second kappa shape index (κ2) is 2.47. The average Bonchev–Trinajstić information content (AvgIpc) is 1.64. The lowest BCUT2D eigenvalue weighted by Crippen LogP contribution is -2.11. The van der Waals surface area contributed by atoms with Gasteiger partial charge in [0.1, 0.15) is 6.17 Å². The van der Waals surface area contributed by atoms with Crippen LogP contribution >= 0.6 is 0 Å². The third kappa shape index (κ3) is 1.46. The molecule has 1 aliphatic rings. The van der Waals surface area contributed by atoms with E-state index in [2.05, 4.69) is 0 Å². The summed E-state index contributed by atoms with van der Waals surface area (Å²) in [4.78, 5) is 0. The number of halogens is 1. The molecule has 0 aliphatic heterocycles. The molecular weight excluding hydrogens is 103 g/mol. The molecule has 0 nitrogen and oxygen atoms in total. The maximum atomic E-state index is 12.4. The van der Waals surface area contributed by atoms with Gasteiger partial charge in [0, 0.05) is 0 Å². The Morgan fingerprint density at radius 1 is 1.62 bits per heavy atom. The summed E-state index contributed by atoms with van der Waals surface area (Å²) in [5.41, 5.74) is 0. The van der Waals surface area contributed by atoms with Crippen LogP contribution in [0.2, 0.25) is 0 Å². The van der Waals surface area contributed by atoms with Crippen molar-refractivity contribution in [2.24, 2.45) is 0 Å². The number of hydrogen-bond acceptors (Lipinski definition) is 0. The van der Waals surface area contributed by atoms with Crippen molar-refractivity contribution in [3.05, 3.63) is 5.92 Å². The van der Waals surface area contributed by atoms with Crippen LogP contribution in [-0.2, 0) is 0 Å². The summed E-state index contributed by atoms with van der Waals surface area (Å²) in [7, 11) is 0. The van der Waals surface area contributed by atoms with Crippen LogP contribution < -0.4 is 0 Å². The van der Waals surface area contributed by atoms with Gasteiger partial charge < -0.3 is 0 Å². The van der Waals surface area contributed by atoms with Gasteiger partial charge in [-0.25, -0.2) is 4.39 Å². The topological polar surface area (TPSA) is 0 Å². The maximum absolute atomic E-state index is 12.4. The van der Waals surface area contributed by atoms with Crippen molar-refractivity contribution in [2.75, 3.05) is 0 Å². The summed E-state index contributed by atoms with van der Waals surface area (Å²) in [5.74, 6) is 1.34. The molecule has 1 radical (unpaired) electrons. The van der Waals surface area contributed by atoms with Gasteiger partial charge in [-0.15, -0.1) is 0 Å². The molecule has 1 heteroatoms. The first-order valence-electron chi connectivity index (χ1n) is 3.24. The van der Waals surface area contributed by atoms with E-state index in [1.807, 2.05) is 6.92 Å². The minimum atomic E-state index is -0.524. The Kier molecular flexibility index (Phi) is 1.87. The van der Waals surface area contributed by atoms with Gasteiger partial charge in [-0.3, -0.25) is 0 Å². The van der Waals surface area contributed by atoms with E-state index in [1.165, 1.54) is 5.92 Å². The van der Waals surface area contributed by atoms with E-state index >= 15 is 0 Å². The maximum Gasteiger partial charge on any atom is 0.101 e. The molecule has 1 aliphatic carbocycles. The van der Waals surface area contributed by atoms with Crippen LogP contribution in [0, 0.1) is 5.92 Å². The smallest absolute Gasteiger partial charge is 0.101 e. The largest absolute Gasteiger partial charge is 0.247 e. The highest BCUT2D eigenvalue weighted by molar-refractivity contribution is 4.90. The molecule has 0 aromatic rings. The summed E-state index contributed by atoms with van der Waals surface area (Å²) in [6, 6.07) is 0. The lowest BCUT2D eigenvalue weighted by molar-refractivity contribution is 0.266. The number of rotatable bonds is 0. The molecule has 0 spiro atoms. The third-order valence-corrected chi connectivity index (χ3v) is 1.69. The first-order valence-corrected chi connectivity index (χ1v) is 3.24. The van der Waals surface area contributed by atoms with Crippen molar-refractivity contribution in [1.82, 2.24) is 0 Å². The van der Waals surface area contributed by atoms with E-state index in [0.29, 0.717) is 0 Å². The zero-order valence-corrected chi connectivity index (χ0v) is 5.28. The molecule has 0 aromatic carbocycles. The molecule has 8 heavy (non-hydrogen) atoms. The van der Waals surface area contributed by atoms with Crippen molar-refractivity contribution in [2.45, 2.75) is 38.8 Å². The van der Waals surface area contributed by atoms with E-state index in [4.69, 9.17) is 0 Å². The minimum absolute atomic E-state index is 0.524. The molecule has 0 saturated heterocycles. The lowest BCUT2D eigenvalue weighted by atomic mass is 9.90. The van der Waals surface area contributed by atoms with Crippen molar-refractivity contribution in [1.29, 1.82) is 0 Å². The van der Waals surface area contributed by atoms with Gasteiger partial charge in [-0.2, -0.15) is 0 Å². The SMILES string of the molecule is C[C]1CCCC(F)C1. The Bertz CT molecular complexity index is 62.8. The van der Waals surface area contributed by atoms with Crippen molar-refractivity contribution >= 4 is 0 Å². The van der Waals surface area contributed by atoms with Crippen LogP contribution in [0.1, 0.15) is 32.6 Å². The van der Waals surface area contributed by atoms with Crippen LogP contribution in [0.15, 0.2) is 0 Å². The normalized spacial score (nSPS) is 33.0. The molecule has 1 fully saturated rings. The third-order valence-electron chi connectivity index (χ3n) is 1.69.